The number of rotatable bonds is 6. The summed E-state index contributed by atoms with van der Waals surface area (Å²) in [4.78, 5) is 0. The molecule has 0 fully saturated rings. The molecule has 0 aliphatic heterocycles. The van der Waals surface area contributed by atoms with Crippen LogP contribution in [0.5, 0.6) is 0 Å². The zero-order chi connectivity index (χ0) is 38.2. The molecule has 0 saturated carbocycles. The molecule has 3 heteroatoms. The molecule has 2 aromatic heterocycles. The Balaban J connectivity index is 1.13. The Labute approximate surface area is 338 Å². The summed E-state index contributed by atoms with van der Waals surface area (Å²) in [6, 6.07) is 81.7. The maximum Gasteiger partial charge on any atom is 0.179 e. The van der Waals surface area contributed by atoms with E-state index in [1.165, 1.54) is 98.0 Å². The van der Waals surface area contributed by atoms with Crippen LogP contribution in [0.3, 0.4) is 0 Å². The molecule has 0 radical (unpaired) electrons. The third-order valence-corrected chi connectivity index (χ3v) is 17.4. The highest BCUT2D eigenvalue weighted by Gasteiger charge is 2.41. The zero-order valence-electron chi connectivity index (χ0n) is 31.9. The van der Waals surface area contributed by atoms with Crippen LogP contribution in [-0.2, 0) is 6.42 Å². The van der Waals surface area contributed by atoms with Gasteiger partial charge in [-0.15, -0.1) is 0 Å². The Bertz CT molecular complexity index is 3190. The van der Waals surface area contributed by atoms with Crippen LogP contribution >= 0.6 is 0 Å². The normalized spacial score (nSPS) is 12.4. The van der Waals surface area contributed by atoms with Crippen molar-refractivity contribution < 1.29 is 0 Å². The molecule has 58 heavy (non-hydrogen) atoms. The van der Waals surface area contributed by atoms with E-state index in [0.717, 1.165) is 6.42 Å². The van der Waals surface area contributed by atoms with Gasteiger partial charge in [-0.25, -0.2) is 0 Å². The van der Waals surface area contributed by atoms with E-state index in [0.29, 0.717) is 0 Å². The molecular formula is C55H38N2Si. The highest BCUT2D eigenvalue weighted by Crippen LogP contribution is 2.44. The third-order valence-electron chi connectivity index (χ3n) is 12.7. The third kappa shape index (κ3) is 4.77. The van der Waals surface area contributed by atoms with Crippen molar-refractivity contribution in [3.63, 3.8) is 0 Å². The highest BCUT2D eigenvalue weighted by atomic mass is 28.3. The van der Waals surface area contributed by atoms with E-state index in [1.54, 1.807) is 0 Å². The minimum absolute atomic E-state index is 0.918. The van der Waals surface area contributed by atoms with Gasteiger partial charge in [0, 0.05) is 32.9 Å². The average molecular weight is 755 g/mol. The summed E-state index contributed by atoms with van der Waals surface area (Å²) in [6.07, 6.45) is 0.918. The lowest BCUT2D eigenvalue weighted by atomic mass is 10.0. The second-order valence-corrected chi connectivity index (χ2v) is 19.5. The van der Waals surface area contributed by atoms with E-state index in [4.69, 9.17) is 0 Å². The monoisotopic (exact) mass is 754 g/mol. The smallest absolute Gasteiger partial charge is 0.179 e. The Hall–Kier alpha value is -7.20. The van der Waals surface area contributed by atoms with Crippen molar-refractivity contribution in [2.24, 2.45) is 0 Å². The number of aromatic nitrogens is 2. The van der Waals surface area contributed by atoms with Crippen molar-refractivity contribution in [3.8, 4) is 22.5 Å². The molecular weight excluding hydrogens is 717 g/mol. The fraction of sp³-hybridized carbons (Fsp3) is 0.0182. The summed E-state index contributed by atoms with van der Waals surface area (Å²) in [6.45, 7) is 0. The summed E-state index contributed by atoms with van der Waals surface area (Å²) in [7, 11) is -2.75. The average Bonchev–Trinajstić information content (AvgIpc) is 3.94. The Kier molecular flexibility index (Phi) is 7.35. The molecule has 0 bridgehead atoms. The fourth-order valence-corrected chi connectivity index (χ4v) is 14.9. The Morgan fingerprint density at radius 3 is 1.38 bits per heavy atom. The van der Waals surface area contributed by atoms with Gasteiger partial charge in [0.2, 0.25) is 0 Å². The molecule has 9 aromatic carbocycles. The summed E-state index contributed by atoms with van der Waals surface area (Å²) >= 11 is 0. The quantitative estimate of drug-likeness (QED) is 0.118. The topological polar surface area (TPSA) is 9.86 Å². The van der Waals surface area contributed by atoms with Crippen LogP contribution in [-0.4, -0.2) is 17.2 Å². The van der Waals surface area contributed by atoms with Crippen molar-refractivity contribution in [1.82, 2.24) is 9.13 Å². The van der Waals surface area contributed by atoms with Crippen LogP contribution in [0.25, 0.3) is 66.1 Å². The number of para-hydroxylation sites is 3. The highest BCUT2D eigenvalue weighted by molar-refractivity contribution is 7.20. The lowest BCUT2D eigenvalue weighted by molar-refractivity contribution is 1.17. The Morgan fingerprint density at radius 2 is 0.776 bits per heavy atom. The predicted octanol–water partition coefficient (Wildman–Crippen LogP) is 10.8. The van der Waals surface area contributed by atoms with E-state index < -0.39 is 8.07 Å². The molecule has 0 saturated heterocycles. The van der Waals surface area contributed by atoms with Gasteiger partial charge in [-0.1, -0.05) is 164 Å². The molecule has 0 spiro atoms. The molecule has 0 atom stereocenters. The standard InChI is InChI=1S/C55H38N2Si/c1-5-17-40(18-6-1)56-54-32-31-45(58(42-19-7-2-8-20-42,43-21-9-3-10-22-43)44-23-11-4-12-24-44)36-50(54)51-37-49-39(34-55(51)56)33-38-29-30-41(35-48(38)49)57-52-27-15-13-25-46(52)47-26-14-16-28-53(47)57/h1-32,34-37H,33H2. The van der Waals surface area contributed by atoms with Crippen molar-refractivity contribution in [1.29, 1.82) is 0 Å². The van der Waals surface area contributed by atoms with Gasteiger partial charge in [-0.05, 0) is 104 Å². The minimum Gasteiger partial charge on any atom is -0.309 e. The molecule has 11 aromatic rings. The van der Waals surface area contributed by atoms with Gasteiger partial charge in [0.1, 0.15) is 0 Å². The molecule has 0 unspecified atom stereocenters. The van der Waals surface area contributed by atoms with Crippen LogP contribution in [0.4, 0.5) is 0 Å². The van der Waals surface area contributed by atoms with Gasteiger partial charge < -0.3 is 9.13 Å². The summed E-state index contributed by atoms with van der Waals surface area (Å²) in [5.41, 5.74) is 12.7. The van der Waals surface area contributed by atoms with Gasteiger partial charge in [-0.2, -0.15) is 0 Å². The summed E-state index contributed by atoms with van der Waals surface area (Å²) in [5.74, 6) is 0. The molecule has 1 aliphatic rings. The SMILES string of the molecule is c1ccc(-n2c3ccc([Si](c4ccccc4)(c4ccccc4)c4ccccc4)cc3c3cc4c(cc32)Cc2ccc(-n3c5ccccc5c5ccccc53)cc2-4)cc1. The lowest BCUT2D eigenvalue weighted by Crippen LogP contribution is -2.74. The van der Waals surface area contributed by atoms with E-state index >= 15 is 0 Å². The van der Waals surface area contributed by atoms with Crippen LogP contribution in [0, 0.1) is 0 Å². The first-order chi connectivity index (χ1) is 28.8. The number of fused-ring (bicyclic) bond motifs is 9. The van der Waals surface area contributed by atoms with E-state index in [-0.39, 0.29) is 0 Å². The molecule has 2 heterocycles. The van der Waals surface area contributed by atoms with Crippen molar-refractivity contribution in [3.05, 3.63) is 230 Å². The van der Waals surface area contributed by atoms with Crippen LogP contribution < -0.4 is 20.7 Å². The van der Waals surface area contributed by atoms with Crippen LogP contribution in [0.1, 0.15) is 11.1 Å². The number of hydrogen-bond donors (Lipinski definition) is 0. The second kappa shape index (κ2) is 12.9. The van der Waals surface area contributed by atoms with Crippen molar-refractivity contribution in [2.75, 3.05) is 0 Å². The number of benzene rings is 9. The molecule has 272 valence electrons. The summed E-state index contributed by atoms with van der Waals surface area (Å²) in [5, 5.41) is 10.7. The fourth-order valence-electron chi connectivity index (χ4n) is 10.2. The van der Waals surface area contributed by atoms with Crippen molar-refractivity contribution >= 4 is 72.4 Å². The van der Waals surface area contributed by atoms with Gasteiger partial charge in [0.25, 0.3) is 0 Å². The zero-order valence-corrected chi connectivity index (χ0v) is 32.9. The van der Waals surface area contributed by atoms with E-state index in [9.17, 15) is 0 Å². The minimum atomic E-state index is -2.75. The van der Waals surface area contributed by atoms with Gasteiger partial charge in [-0.3, -0.25) is 0 Å². The first kappa shape index (κ1) is 33.0. The first-order valence-electron chi connectivity index (χ1n) is 20.2. The predicted molar refractivity (Wildman–Crippen MR) is 247 cm³/mol. The molecule has 1 aliphatic carbocycles. The van der Waals surface area contributed by atoms with E-state index in [1.807, 2.05) is 0 Å². The maximum atomic E-state index is 2.55. The van der Waals surface area contributed by atoms with E-state index in [2.05, 4.69) is 228 Å². The molecule has 0 amide bonds. The second-order valence-electron chi connectivity index (χ2n) is 15.7. The van der Waals surface area contributed by atoms with Gasteiger partial charge in [0.15, 0.2) is 8.07 Å². The first-order valence-corrected chi connectivity index (χ1v) is 22.2. The number of hydrogen-bond acceptors (Lipinski definition) is 0. The summed E-state index contributed by atoms with van der Waals surface area (Å²) < 4.78 is 4.92. The Morgan fingerprint density at radius 1 is 0.293 bits per heavy atom. The largest absolute Gasteiger partial charge is 0.309 e. The van der Waals surface area contributed by atoms with Gasteiger partial charge in [0.05, 0.1) is 22.1 Å². The maximum absolute atomic E-state index is 2.75. The molecule has 0 N–H and O–H groups in total. The number of nitrogens with zero attached hydrogens (tertiary/aromatic N) is 2. The van der Waals surface area contributed by atoms with Crippen molar-refractivity contribution in [2.45, 2.75) is 6.42 Å². The lowest BCUT2D eigenvalue weighted by Gasteiger charge is -2.34. The molecule has 2 nitrogen and oxygen atoms in total. The van der Waals surface area contributed by atoms with Crippen LogP contribution in [0.2, 0.25) is 0 Å². The van der Waals surface area contributed by atoms with Gasteiger partial charge >= 0.3 is 0 Å². The van der Waals surface area contributed by atoms with Crippen LogP contribution in [0.15, 0.2) is 218 Å². The molecule has 12 rings (SSSR count).